The van der Waals surface area contributed by atoms with Gasteiger partial charge in [0.25, 0.3) is 0 Å². The highest BCUT2D eigenvalue weighted by Crippen LogP contribution is 2.28. The lowest BCUT2D eigenvalue weighted by molar-refractivity contribution is -0.206. The molecule has 0 aliphatic carbocycles. The minimum atomic E-state index is -0.309. The fourth-order valence-corrected chi connectivity index (χ4v) is 3.14. The Kier molecular flexibility index (Phi) is 9.72. The fraction of sp³-hybridized carbons (Fsp3) is 0.682. The zero-order valence-corrected chi connectivity index (χ0v) is 16.4. The molecule has 0 aromatic heterocycles. The Bertz CT molecular complexity index is 503. The molecule has 146 valence electrons. The van der Waals surface area contributed by atoms with Crippen LogP contribution < -0.4 is 4.74 Å². The standard InChI is InChI=1S/C22H34O4/c1-3-5-7-8-9-10-18-16-24-22(25-17-18)19-12-14-20(15-13-19)26-21(23)11-6-4-2/h12-15,18,22H,3-11,16-17H2,1-2H3. The van der Waals surface area contributed by atoms with Crippen molar-refractivity contribution in [3.63, 3.8) is 0 Å². The summed E-state index contributed by atoms with van der Waals surface area (Å²) in [6.45, 7) is 5.81. The number of unbranched alkanes of at least 4 members (excludes halogenated alkanes) is 5. The van der Waals surface area contributed by atoms with Crippen molar-refractivity contribution in [2.24, 2.45) is 5.92 Å². The zero-order chi connectivity index (χ0) is 18.6. The van der Waals surface area contributed by atoms with Crippen LogP contribution in [0.4, 0.5) is 0 Å². The van der Waals surface area contributed by atoms with Gasteiger partial charge in [-0.05, 0) is 25.0 Å². The number of carbonyl (C=O) groups is 1. The van der Waals surface area contributed by atoms with Crippen molar-refractivity contribution in [1.82, 2.24) is 0 Å². The second kappa shape index (κ2) is 12.1. The van der Waals surface area contributed by atoms with Gasteiger partial charge in [0.1, 0.15) is 5.75 Å². The van der Waals surface area contributed by atoms with Gasteiger partial charge in [-0.2, -0.15) is 0 Å². The third-order valence-corrected chi connectivity index (χ3v) is 4.80. The largest absolute Gasteiger partial charge is 0.427 e. The maximum atomic E-state index is 11.7. The number of benzene rings is 1. The Hall–Kier alpha value is -1.39. The van der Waals surface area contributed by atoms with Gasteiger partial charge in [-0.25, -0.2) is 0 Å². The number of ether oxygens (including phenoxy) is 3. The molecule has 0 atom stereocenters. The van der Waals surface area contributed by atoms with E-state index in [9.17, 15) is 4.79 Å². The van der Waals surface area contributed by atoms with Crippen LogP contribution in [-0.4, -0.2) is 19.2 Å². The first kappa shape index (κ1) is 20.9. The van der Waals surface area contributed by atoms with E-state index in [1.165, 1.54) is 38.5 Å². The van der Waals surface area contributed by atoms with Crippen molar-refractivity contribution in [3.05, 3.63) is 29.8 Å². The lowest BCUT2D eigenvalue weighted by atomic mass is 10.0. The van der Waals surface area contributed by atoms with Gasteiger partial charge in [0, 0.05) is 17.9 Å². The van der Waals surface area contributed by atoms with Crippen LogP contribution in [0.5, 0.6) is 5.75 Å². The van der Waals surface area contributed by atoms with Crippen molar-refractivity contribution < 1.29 is 19.0 Å². The van der Waals surface area contributed by atoms with Gasteiger partial charge in [-0.3, -0.25) is 4.79 Å². The van der Waals surface area contributed by atoms with E-state index in [0.717, 1.165) is 31.6 Å². The Morgan fingerprint density at radius 1 is 0.962 bits per heavy atom. The van der Waals surface area contributed by atoms with E-state index in [1.54, 1.807) is 0 Å². The van der Waals surface area contributed by atoms with Gasteiger partial charge in [-0.1, -0.05) is 64.5 Å². The summed E-state index contributed by atoms with van der Waals surface area (Å²) >= 11 is 0. The van der Waals surface area contributed by atoms with Crippen LogP contribution in [0.1, 0.15) is 83.5 Å². The zero-order valence-electron chi connectivity index (χ0n) is 16.4. The van der Waals surface area contributed by atoms with Crippen LogP contribution in [0.2, 0.25) is 0 Å². The molecule has 0 spiro atoms. The highest BCUT2D eigenvalue weighted by atomic mass is 16.7. The first-order chi connectivity index (χ1) is 12.7. The van der Waals surface area contributed by atoms with E-state index in [-0.39, 0.29) is 12.3 Å². The molecule has 1 fully saturated rings. The molecule has 0 saturated carbocycles. The summed E-state index contributed by atoms with van der Waals surface area (Å²) in [7, 11) is 0. The average Bonchev–Trinajstić information content (AvgIpc) is 2.67. The van der Waals surface area contributed by atoms with Crippen LogP contribution in [0.15, 0.2) is 24.3 Å². The molecule has 1 aromatic carbocycles. The monoisotopic (exact) mass is 362 g/mol. The van der Waals surface area contributed by atoms with Gasteiger partial charge < -0.3 is 14.2 Å². The lowest BCUT2D eigenvalue weighted by Gasteiger charge is -2.29. The lowest BCUT2D eigenvalue weighted by Crippen LogP contribution is -2.27. The maximum Gasteiger partial charge on any atom is 0.311 e. The quantitative estimate of drug-likeness (QED) is 0.283. The first-order valence-corrected chi connectivity index (χ1v) is 10.3. The van der Waals surface area contributed by atoms with Crippen LogP contribution in [-0.2, 0) is 14.3 Å². The summed E-state index contributed by atoms with van der Waals surface area (Å²) in [5.41, 5.74) is 0.972. The summed E-state index contributed by atoms with van der Waals surface area (Å²) in [6, 6.07) is 7.45. The fourth-order valence-electron chi connectivity index (χ4n) is 3.14. The average molecular weight is 363 g/mol. The third-order valence-electron chi connectivity index (χ3n) is 4.80. The van der Waals surface area contributed by atoms with Gasteiger partial charge in [0.15, 0.2) is 6.29 Å². The maximum absolute atomic E-state index is 11.7. The second-order valence-electron chi connectivity index (χ2n) is 7.21. The molecule has 0 radical (unpaired) electrons. The number of hydrogen-bond donors (Lipinski definition) is 0. The molecule has 0 amide bonds. The Labute approximate surface area is 158 Å². The van der Waals surface area contributed by atoms with E-state index in [2.05, 4.69) is 13.8 Å². The molecule has 0 N–H and O–H groups in total. The number of rotatable bonds is 11. The minimum absolute atomic E-state index is 0.174. The number of hydrogen-bond acceptors (Lipinski definition) is 4. The molecule has 1 heterocycles. The molecule has 4 heteroatoms. The van der Waals surface area contributed by atoms with Crippen molar-refractivity contribution in [2.45, 2.75) is 77.9 Å². The predicted octanol–water partition coefficient (Wildman–Crippen LogP) is 5.80. The van der Waals surface area contributed by atoms with Crippen molar-refractivity contribution in [3.8, 4) is 5.75 Å². The molecule has 1 aromatic rings. The van der Waals surface area contributed by atoms with Gasteiger partial charge in [-0.15, -0.1) is 0 Å². The Morgan fingerprint density at radius 2 is 1.62 bits per heavy atom. The van der Waals surface area contributed by atoms with Gasteiger partial charge in [0.2, 0.25) is 0 Å². The SMILES string of the molecule is CCCCCCCC1COC(c2ccc(OC(=O)CCCC)cc2)OC1. The molecule has 26 heavy (non-hydrogen) atoms. The summed E-state index contributed by atoms with van der Waals surface area (Å²) in [5, 5.41) is 0. The van der Waals surface area contributed by atoms with Crippen molar-refractivity contribution in [2.75, 3.05) is 13.2 Å². The molecular weight excluding hydrogens is 328 g/mol. The van der Waals surface area contributed by atoms with Crippen LogP contribution in [0.25, 0.3) is 0 Å². The van der Waals surface area contributed by atoms with Gasteiger partial charge in [0.05, 0.1) is 13.2 Å². The van der Waals surface area contributed by atoms with Crippen LogP contribution >= 0.6 is 0 Å². The van der Waals surface area contributed by atoms with E-state index < -0.39 is 0 Å². The Balaban J connectivity index is 1.69. The highest BCUT2D eigenvalue weighted by molar-refractivity contribution is 5.72. The summed E-state index contributed by atoms with van der Waals surface area (Å²) in [4.78, 5) is 11.7. The minimum Gasteiger partial charge on any atom is -0.427 e. The normalized spacial score (nSPS) is 20.1. The summed E-state index contributed by atoms with van der Waals surface area (Å²) < 4.78 is 17.1. The van der Waals surface area contributed by atoms with E-state index in [1.807, 2.05) is 24.3 Å². The number of esters is 1. The smallest absolute Gasteiger partial charge is 0.311 e. The molecule has 1 aliphatic heterocycles. The molecule has 1 saturated heterocycles. The molecule has 2 rings (SSSR count). The first-order valence-electron chi connectivity index (χ1n) is 10.3. The molecule has 1 aliphatic rings. The van der Waals surface area contributed by atoms with E-state index >= 15 is 0 Å². The van der Waals surface area contributed by atoms with Crippen LogP contribution in [0.3, 0.4) is 0 Å². The van der Waals surface area contributed by atoms with Gasteiger partial charge >= 0.3 is 5.97 Å². The van der Waals surface area contributed by atoms with Crippen molar-refractivity contribution in [1.29, 1.82) is 0 Å². The topological polar surface area (TPSA) is 44.8 Å². The Morgan fingerprint density at radius 3 is 2.27 bits per heavy atom. The highest BCUT2D eigenvalue weighted by Gasteiger charge is 2.23. The molecule has 0 unspecified atom stereocenters. The summed E-state index contributed by atoms with van der Waals surface area (Å²) in [6.07, 6.45) is 9.73. The van der Waals surface area contributed by atoms with Crippen molar-refractivity contribution >= 4 is 5.97 Å². The summed E-state index contributed by atoms with van der Waals surface area (Å²) in [5.74, 6) is 0.911. The predicted molar refractivity (Wildman–Crippen MR) is 103 cm³/mol. The third kappa shape index (κ3) is 7.46. The van der Waals surface area contributed by atoms with Crippen LogP contribution in [0, 0.1) is 5.92 Å². The molecule has 0 bridgehead atoms. The molecule has 4 nitrogen and oxygen atoms in total. The van der Waals surface area contributed by atoms with E-state index in [4.69, 9.17) is 14.2 Å². The molecular formula is C22H34O4. The number of carbonyl (C=O) groups excluding carboxylic acids is 1. The van der Waals surface area contributed by atoms with E-state index in [0.29, 0.717) is 18.1 Å². The second-order valence-corrected chi connectivity index (χ2v) is 7.21.